The fourth-order valence-corrected chi connectivity index (χ4v) is 3.67. The third kappa shape index (κ3) is 6.34. The van der Waals surface area contributed by atoms with Gasteiger partial charge in [-0.3, -0.25) is 4.99 Å². The zero-order valence-corrected chi connectivity index (χ0v) is 16.9. The average Bonchev–Trinajstić information content (AvgIpc) is 2.93. The summed E-state index contributed by atoms with van der Waals surface area (Å²) < 4.78 is 38.7. The van der Waals surface area contributed by atoms with Crippen molar-refractivity contribution < 1.29 is 13.2 Å². The number of nitrogens with one attached hydrogen (secondary N) is 1. The molecule has 1 saturated heterocycles. The zero-order chi connectivity index (χ0) is 16.9. The first-order valence-corrected chi connectivity index (χ1v) is 8.61. The quantitative estimate of drug-likeness (QED) is 0.412. The molecule has 1 N–H and O–H groups in total. The highest BCUT2D eigenvalue weighted by molar-refractivity contribution is 14.0. The van der Waals surface area contributed by atoms with Crippen LogP contribution in [0.15, 0.2) is 17.4 Å². The van der Waals surface area contributed by atoms with Crippen molar-refractivity contribution in [3.8, 4) is 0 Å². The first-order chi connectivity index (χ1) is 10.9. The second-order valence-electron chi connectivity index (χ2n) is 5.33. The molecule has 0 radical (unpaired) electrons. The molecule has 138 valence electrons. The van der Waals surface area contributed by atoms with E-state index in [-0.39, 0.29) is 30.5 Å². The molecule has 5 nitrogen and oxygen atoms in total. The normalized spacial score (nSPS) is 19.1. The maximum atomic E-state index is 12.5. The number of alkyl halides is 3. The monoisotopic (exact) mass is 477 g/mol. The van der Waals surface area contributed by atoms with Gasteiger partial charge in [-0.25, -0.2) is 4.98 Å². The number of imidazole rings is 1. The molecule has 1 aromatic heterocycles. The van der Waals surface area contributed by atoms with Crippen LogP contribution in [0.5, 0.6) is 0 Å². The van der Waals surface area contributed by atoms with Crippen LogP contribution in [0.4, 0.5) is 13.2 Å². The van der Waals surface area contributed by atoms with Gasteiger partial charge in [-0.2, -0.15) is 24.9 Å². The second kappa shape index (κ2) is 9.73. The number of hydrogen-bond acceptors (Lipinski definition) is 3. The largest absolute Gasteiger partial charge is 0.406 e. The summed E-state index contributed by atoms with van der Waals surface area (Å²) >= 11 is 1.95. The van der Waals surface area contributed by atoms with Gasteiger partial charge in [-0.15, -0.1) is 24.0 Å². The van der Waals surface area contributed by atoms with E-state index in [2.05, 4.69) is 27.1 Å². The Morgan fingerprint density at radius 3 is 2.88 bits per heavy atom. The molecule has 0 bridgehead atoms. The summed E-state index contributed by atoms with van der Waals surface area (Å²) in [5.41, 5.74) is 0. The fraction of sp³-hybridized carbons (Fsp3) is 0.714. The van der Waals surface area contributed by atoms with Crippen molar-refractivity contribution in [3.63, 3.8) is 0 Å². The molecule has 0 spiro atoms. The lowest BCUT2D eigenvalue weighted by atomic mass is 10.3. The zero-order valence-electron chi connectivity index (χ0n) is 13.7. The van der Waals surface area contributed by atoms with Gasteiger partial charge >= 0.3 is 6.18 Å². The molecule has 1 aromatic rings. The van der Waals surface area contributed by atoms with Crippen LogP contribution in [0.3, 0.4) is 0 Å². The lowest BCUT2D eigenvalue weighted by Gasteiger charge is -2.34. The van der Waals surface area contributed by atoms with Crippen LogP contribution in [0, 0.1) is 0 Å². The molecule has 0 saturated carbocycles. The lowest BCUT2D eigenvalue weighted by molar-refractivity contribution is -0.141. The summed E-state index contributed by atoms with van der Waals surface area (Å²) in [4.78, 5) is 10.4. The maximum absolute atomic E-state index is 12.5. The van der Waals surface area contributed by atoms with Crippen LogP contribution in [0.2, 0.25) is 0 Å². The molecule has 0 aliphatic carbocycles. The van der Waals surface area contributed by atoms with E-state index < -0.39 is 12.7 Å². The van der Waals surface area contributed by atoms with Crippen LogP contribution in [0.1, 0.15) is 19.2 Å². The van der Waals surface area contributed by atoms with Gasteiger partial charge in [0.05, 0.1) is 6.54 Å². The van der Waals surface area contributed by atoms with Gasteiger partial charge in [0.15, 0.2) is 5.96 Å². The highest BCUT2D eigenvalue weighted by Gasteiger charge is 2.29. The number of halogens is 4. The number of aromatic nitrogens is 2. The minimum atomic E-state index is -4.25. The van der Waals surface area contributed by atoms with Crippen molar-refractivity contribution in [1.82, 2.24) is 19.8 Å². The van der Waals surface area contributed by atoms with Crippen LogP contribution < -0.4 is 5.32 Å². The molecule has 2 heterocycles. The minimum Gasteiger partial charge on any atom is -0.349 e. The molecule has 1 aliphatic heterocycles. The number of rotatable bonds is 4. The molecular weight excluding hydrogens is 454 g/mol. The summed E-state index contributed by atoms with van der Waals surface area (Å²) in [6.45, 7) is 3.14. The van der Waals surface area contributed by atoms with E-state index in [0.717, 1.165) is 29.8 Å². The first kappa shape index (κ1) is 21.4. The van der Waals surface area contributed by atoms with Crippen molar-refractivity contribution in [2.75, 3.05) is 25.9 Å². The van der Waals surface area contributed by atoms with Crippen LogP contribution in [-0.2, 0) is 13.1 Å². The SMILES string of the molecule is CCC1CN(C(=NC)NCc2nccn2CC(F)(F)F)CCS1.I. The van der Waals surface area contributed by atoms with Crippen molar-refractivity contribution >= 4 is 41.7 Å². The summed E-state index contributed by atoms with van der Waals surface area (Å²) in [6.07, 6.45) is -0.433. The topological polar surface area (TPSA) is 45.4 Å². The van der Waals surface area contributed by atoms with E-state index in [1.54, 1.807) is 7.05 Å². The highest BCUT2D eigenvalue weighted by atomic mass is 127. The number of nitrogens with zero attached hydrogens (tertiary/aromatic N) is 4. The maximum Gasteiger partial charge on any atom is 0.406 e. The molecular formula is C14H23F3IN5S. The lowest BCUT2D eigenvalue weighted by Crippen LogP contribution is -2.47. The predicted octanol–water partition coefficient (Wildman–Crippen LogP) is 2.97. The Morgan fingerprint density at radius 1 is 1.50 bits per heavy atom. The molecule has 1 aliphatic rings. The number of aliphatic imine (C=N–C) groups is 1. The number of hydrogen-bond donors (Lipinski definition) is 1. The van der Waals surface area contributed by atoms with Crippen molar-refractivity contribution in [2.45, 2.75) is 37.9 Å². The van der Waals surface area contributed by atoms with Gasteiger partial charge in [0, 0.05) is 43.5 Å². The van der Waals surface area contributed by atoms with Crippen LogP contribution in [-0.4, -0.2) is 57.7 Å². The standard InChI is InChI=1S/C14H22F3N5S.HI/c1-3-11-9-21(6-7-23-11)13(18-2)20-8-12-19-4-5-22(12)10-14(15,16)17;/h4-5,11H,3,6-10H2,1-2H3,(H,18,20);1H. The van der Waals surface area contributed by atoms with Crippen molar-refractivity contribution in [2.24, 2.45) is 4.99 Å². The Kier molecular flexibility index (Phi) is 8.68. The van der Waals surface area contributed by atoms with E-state index in [1.807, 2.05) is 11.8 Å². The molecule has 2 rings (SSSR count). The number of guanidine groups is 1. The molecule has 1 atom stereocenters. The van der Waals surface area contributed by atoms with E-state index in [9.17, 15) is 13.2 Å². The Labute approximate surface area is 161 Å². The first-order valence-electron chi connectivity index (χ1n) is 7.57. The van der Waals surface area contributed by atoms with Gasteiger partial charge in [-0.05, 0) is 6.42 Å². The smallest absolute Gasteiger partial charge is 0.349 e. The summed E-state index contributed by atoms with van der Waals surface area (Å²) in [6, 6.07) is 0. The Balaban J connectivity index is 0.00000288. The third-order valence-electron chi connectivity index (χ3n) is 3.66. The third-order valence-corrected chi connectivity index (χ3v) is 5.03. The average molecular weight is 477 g/mol. The van der Waals surface area contributed by atoms with Crippen molar-refractivity contribution in [3.05, 3.63) is 18.2 Å². The molecule has 0 aromatic carbocycles. The van der Waals surface area contributed by atoms with Crippen LogP contribution >= 0.6 is 35.7 Å². The van der Waals surface area contributed by atoms with Crippen LogP contribution in [0.25, 0.3) is 0 Å². The Bertz CT molecular complexity index is 535. The van der Waals surface area contributed by atoms with Gasteiger partial charge in [-0.1, -0.05) is 6.92 Å². The van der Waals surface area contributed by atoms with Gasteiger partial charge in [0.25, 0.3) is 0 Å². The van der Waals surface area contributed by atoms with E-state index >= 15 is 0 Å². The second-order valence-corrected chi connectivity index (χ2v) is 6.74. The molecule has 10 heteroatoms. The number of thioether (sulfide) groups is 1. The van der Waals surface area contributed by atoms with E-state index in [1.165, 1.54) is 12.4 Å². The van der Waals surface area contributed by atoms with Crippen molar-refractivity contribution in [1.29, 1.82) is 0 Å². The minimum absolute atomic E-state index is 0. The van der Waals surface area contributed by atoms with E-state index in [0.29, 0.717) is 17.0 Å². The predicted molar refractivity (Wildman–Crippen MR) is 102 cm³/mol. The molecule has 24 heavy (non-hydrogen) atoms. The van der Waals surface area contributed by atoms with Gasteiger partial charge < -0.3 is 14.8 Å². The molecule has 1 fully saturated rings. The Morgan fingerprint density at radius 2 is 2.25 bits per heavy atom. The highest BCUT2D eigenvalue weighted by Crippen LogP contribution is 2.21. The molecule has 1 unspecified atom stereocenters. The summed E-state index contributed by atoms with van der Waals surface area (Å²) in [5.74, 6) is 2.09. The fourth-order valence-electron chi connectivity index (χ4n) is 2.49. The van der Waals surface area contributed by atoms with Gasteiger partial charge in [0.2, 0.25) is 0 Å². The van der Waals surface area contributed by atoms with E-state index in [4.69, 9.17) is 0 Å². The van der Waals surface area contributed by atoms with Gasteiger partial charge in [0.1, 0.15) is 12.4 Å². The molecule has 0 amide bonds. The summed E-state index contributed by atoms with van der Waals surface area (Å²) in [7, 11) is 1.69. The summed E-state index contributed by atoms with van der Waals surface area (Å²) in [5, 5.41) is 3.69. The Hall–Kier alpha value is -0.650.